The smallest absolute Gasteiger partial charge is 0.325 e. The van der Waals surface area contributed by atoms with Gasteiger partial charge in [0.05, 0.1) is 0 Å². The lowest BCUT2D eigenvalue weighted by molar-refractivity contribution is -0.139. The summed E-state index contributed by atoms with van der Waals surface area (Å²) < 4.78 is 13.1. The molecule has 17 heavy (non-hydrogen) atoms. The molecule has 0 bridgehead atoms. The van der Waals surface area contributed by atoms with Gasteiger partial charge in [-0.15, -0.1) is 0 Å². The Kier molecular flexibility index (Phi) is 3.74. The van der Waals surface area contributed by atoms with Gasteiger partial charge in [-0.1, -0.05) is 25.0 Å². The lowest BCUT2D eigenvalue weighted by Crippen LogP contribution is -2.35. The van der Waals surface area contributed by atoms with E-state index in [1.165, 1.54) is 18.2 Å². The molecule has 0 heterocycles. The largest absolute Gasteiger partial charge is 0.480 e. The highest BCUT2D eigenvalue weighted by atomic mass is 19.1. The van der Waals surface area contributed by atoms with Gasteiger partial charge in [0, 0.05) is 6.04 Å². The topological polar surface area (TPSA) is 49.3 Å². The SMILES string of the molecule is O=C(O)C(NC1CCCC1)c1cccc(F)c1. The maximum atomic E-state index is 13.1. The second kappa shape index (κ2) is 5.27. The van der Waals surface area contributed by atoms with Gasteiger partial charge in [-0.2, -0.15) is 0 Å². The van der Waals surface area contributed by atoms with Crippen LogP contribution in [0.25, 0.3) is 0 Å². The zero-order chi connectivity index (χ0) is 12.3. The van der Waals surface area contributed by atoms with Gasteiger partial charge in [-0.25, -0.2) is 4.39 Å². The predicted molar refractivity (Wildman–Crippen MR) is 62.2 cm³/mol. The molecule has 1 aliphatic rings. The van der Waals surface area contributed by atoms with Crippen LogP contribution in [0.5, 0.6) is 0 Å². The third kappa shape index (κ3) is 3.03. The maximum Gasteiger partial charge on any atom is 0.325 e. The number of hydrogen-bond donors (Lipinski definition) is 2. The van der Waals surface area contributed by atoms with E-state index in [-0.39, 0.29) is 6.04 Å². The fourth-order valence-corrected chi connectivity index (χ4v) is 2.32. The fraction of sp³-hybridized carbons (Fsp3) is 0.462. The van der Waals surface area contributed by atoms with Gasteiger partial charge in [-0.05, 0) is 30.5 Å². The van der Waals surface area contributed by atoms with Gasteiger partial charge in [0.25, 0.3) is 0 Å². The molecular weight excluding hydrogens is 221 g/mol. The van der Waals surface area contributed by atoms with Gasteiger partial charge in [0.15, 0.2) is 0 Å². The zero-order valence-electron chi connectivity index (χ0n) is 9.53. The lowest BCUT2D eigenvalue weighted by Gasteiger charge is -2.19. The molecule has 1 saturated carbocycles. The molecule has 1 atom stereocenters. The summed E-state index contributed by atoms with van der Waals surface area (Å²) in [6, 6.07) is 5.20. The molecule has 3 nitrogen and oxygen atoms in total. The zero-order valence-corrected chi connectivity index (χ0v) is 9.53. The third-order valence-corrected chi connectivity index (χ3v) is 3.19. The van der Waals surface area contributed by atoms with Gasteiger partial charge in [-0.3, -0.25) is 10.1 Å². The molecule has 2 rings (SSSR count). The van der Waals surface area contributed by atoms with Crippen LogP contribution in [0.2, 0.25) is 0 Å². The average molecular weight is 237 g/mol. The predicted octanol–water partition coefficient (Wildman–Crippen LogP) is 2.48. The van der Waals surface area contributed by atoms with Crippen molar-refractivity contribution in [2.75, 3.05) is 0 Å². The fourth-order valence-electron chi connectivity index (χ4n) is 2.32. The second-order valence-corrected chi connectivity index (χ2v) is 4.47. The number of carboxylic acid groups (broad SMARTS) is 1. The number of nitrogens with one attached hydrogen (secondary N) is 1. The van der Waals surface area contributed by atoms with E-state index in [0.29, 0.717) is 5.56 Å². The van der Waals surface area contributed by atoms with Crippen LogP contribution >= 0.6 is 0 Å². The van der Waals surface area contributed by atoms with Crippen LogP contribution in [-0.2, 0) is 4.79 Å². The number of rotatable bonds is 4. The Hall–Kier alpha value is -1.42. The van der Waals surface area contributed by atoms with Crippen LogP contribution in [0.4, 0.5) is 4.39 Å². The van der Waals surface area contributed by atoms with Gasteiger partial charge in [0.1, 0.15) is 11.9 Å². The highest BCUT2D eigenvalue weighted by molar-refractivity contribution is 5.75. The molecule has 0 aromatic heterocycles. The van der Waals surface area contributed by atoms with E-state index in [4.69, 9.17) is 0 Å². The quantitative estimate of drug-likeness (QED) is 0.845. The standard InChI is InChI=1S/C13H16FNO2/c14-10-5-3-4-9(8-10)12(13(16)17)15-11-6-1-2-7-11/h3-5,8,11-12,15H,1-2,6-7H2,(H,16,17). The summed E-state index contributed by atoms with van der Waals surface area (Å²) in [5, 5.41) is 12.3. The molecule has 4 heteroatoms. The minimum atomic E-state index is -0.956. The Balaban J connectivity index is 2.13. The summed E-state index contributed by atoms with van der Waals surface area (Å²) in [4.78, 5) is 11.2. The van der Waals surface area contributed by atoms with Crippen molar-refractivity contribution in [1.82, 2.24) is 5.32 Å². The van der Waals surface area contributed by atoms with Gasteiger partial charge >= 0.3 is 5.97 Å². The van der Waals surface area contributed by atoms with Crippen molar-refractivity contribution >= 4 is 5.97 Å². The van der Waals surface area contributed by atoms with Crippen molar-refractivity contribution in [2.24, 2.45) is 0 Å². The number of benzene rings is 1. The van der Waals surface area contributed by atoms with Crippen molar-refractivity contribution in [3.05, 3.63) is 35.6 Å². The summed E-state index contributed by atoms with van der Waals surface area (Å²) in [6.07, 6.45) is 4.26. The molecule has 1 fully saturated rings. The van der Waals surface area contributed by atoms with Crippen LogP contribution < -0.4 is 5.32 Å². The highest BCUT2D eigenvalue weighted by Gasteiger charge is 2.25. The molecule has 1 aliphatic carbocycles. The van der Waals surface area contributed by atoms with Crippen molar-refractivity contribution in [2.45, 2.75) is 37.8 Å². The molecule has 1 aromatic rings. The summed E-state index contributed by atoms with van der Waals surface area (Å²) in [5.41, 5.74) is 0.476. The Morgan fingerprint density at radius 1 is 1.41 bits per heavy atom. The van der Waals surface area contributed by atoms with Crippen LogP contribution in [0.15, 0.2) is 24.3 Å². The number of halogens is 1. The summed E-state index contributed by atoms with van der Waals surface area (Å²) in [7, 11) is 0. The molecule has 0 amide bonds. The van der Waals surface area contributed by atoms with Crippen LogP contribution in [0.1, 0.15) is 37.3 Å². The van der Waals surface area contributed by atoms with Gasteiger partial charge < -0.3 is 5.11 Å². The Labute approximate surface area is 99.7 Å². The first-order valence-electron chi connectivity index (χ1n) is 5.91. The molecular formula is C13H16FNO2. The molecule has 1 aromatic carbocycles. The van der Waals surface area contributed by atoms with Gasteiger partial charge in [0.2, 0.25) is 0 Å². The van der Waals surface area contributed by atoms with E-state index in [2.05, 4.69) is 5.32 Å². The molecule has 0 spiro atoms. The van der Waals surface area contributed by atoms with E-state index in [1.54, 1.807) is 6.07 Å². The Morgan fingerprint density at radius 2 is 2.12 bits per heavy atom. The highest BCUT2D eigenvalue weighted by Crippen LogP contribution is 2.22. The van der Waals surface area contributed by atoms with Crippen molar-refractivity contribution < 1.29 is 14.3 Å². The molecule has 2 N–H and O–H groups in total. The molecule has 0 aliphatic heterocycles. The first-order chi connectivity index (χ1) is 8.16. The monoisotopic (exact) mass is 237 g/mol. The summed E-state index contributed by atoms with van der Waals surface area (Å²) in [5.74, 6) is -1.36. The van der Waals surface area contributed by atoms with Crippen molar-refractivity contribution in [1.29, 1.82) is 0 Å². The number of carbonyl (C=O) groups is 1. The van der Waals surface area contributed by atoms with Crippen LogP contribution in [-0.4, -0.2) is 17.1 Å². The Bertz CT molecular complexity index is 402. The first-order valence-corrected chi connectivity index (χ1v) is 5.91. The van der Waals surface area contributed by atoms with Crippen LogP contribution in [0, 0.1) is 5.82 Å². The maximum absolute atomic E-state index is 13.1. The second-order valence-electron chi connectivity index (χ2n) is 4.47. The van der Waals surface area contributed by atoms with Crippen LogP contribution in [0.3, 0.4) is 0 Å². The molecule has 0 saturated heterocycles. The summed E-state index contributed by atoms with van der Waals surface area (Å²) >= 11 is 0. The molecule has 92 valence electrons. The normalized spacial score (nSPS) is 18.2. The average Bonchev–Trinajstić information content (AvgIpc) is 2.78. The van der Waals surface area contributed by atoms with E-state index in [1.807, 2.05) is 0 Å². The van der Waals surface area contributed by atoms with E-state index in [0.717, 1.165) is 25.7 Å². The third-order valence-electron chi connectivity index (χ3n) is 3.19. The van der Waals surface area contributed by atoms with Crippen molar-refractivity contribution in [3.8, 4) is 0 Å². The first kappa shape index (κ1) is 12.0. The minimum Gasteiger partial charge on any atom is -0.480 e. The van der Waals surface area contributed by atoms with Crippen molar-refractivity contribution in [3.63, 3.8) is 0 Å². The molecule has 0 radical (unpaired) electrons. The number of carboxylic acids is 1. The van der Waals surface area contributed by atoms with E-state index >= 15 is 0 Å². The van der Waals surface area contributed by atoms with E-state index < -0.39 is 17.8 Å². The summed E-state index contributed by atoms with van der Waals surface area (Å²) in [6.45, 7) is 0. The minimum absolute atomic E-state index is 0.236. The Morgan fingerprint density at radius 3 is 2.71 bits per heavy atom. The van der Waals surface area contributed by atoms with E-state index in [9.17, 15) is 14.3 Å². The number of hydrogen-bond acceptors (Lipinski definition) is 2. The number of aliphatic carboxylic acids is 1. The lowest BCUT2D eigenvalue weighted by atomic mass is 10.1. The molecule has 1 unspecified atom stereocenters.